The Morgan fingerprint density at radius 3 is 2.40 bits per heavy atom. The minimum absolute atomic E-state index is 0.0257. The monoisotopic (exact) mass is 439 g/mol. The van der Waals surface area contributed by atoms with Crippen molar-refractivity contribution in [2.75, 3.05) is 5.32 Å². The second kappa shape index (κ2) is 7.93. The summed E-state index contributed by atoms with van der Waals surface area (Å²) in [5.41, 5.74) is 3.51. The van der Waals surface area contributed by atoms with Crippen LogP contribution in [0.1, 0.15) is 12.5 Å². The van der Waals surface area contributed by atoms with Crippen LogP contribution in [-0.4, -0.2) is 19.3 Å². The summed E-state index contributed by atoms with van der Waals surface area (Å²) in [4.78, 5) is 15.8. The van der Waals surface area contributed by atoms with Gasteiger partial charge in [-0.15, -0.1) is 0 Å². The SMILES string of the molecule is CC(=O)NS(=O)(=O)c1ccc(NCc2c3ccccc3nc3cc(Cl)ccc23)cc1. The summed E-state index contributed by atoms with van der Waals surface area (Å²) in [6, 6.07) is 19.8. The number of sulfonamides is 1. The van der Waals surface area contributed by atoms with E-state index in [0.717, 1.165) is 40.0 Å². The van der Waals surface area contributed by atoms with Gasteiger partial charge in [-0.1, -0.05) is 35.9 Å². The van der Waals surface area contributed by atoms with Crippen LogP contribution in [0.15, 0.2) is 71.6 Å². The quantitative estimate of drug-likeness (QED) is 0.447. The molecule has 0 aliphatic heterocycles. The molecule has 3 aromatic carbocycles. The molecule has 0 saturated heterocycles. The standard InChI is InChI=1S/C22H18ClN3O3S/c1-14(27)26-30(28,29)17-9-7-16(8-10-17)24-13-20-18-4-2-3-5-21(18)25-22-12-15(23)6-11-19(20)22/h2-12,24H,13H2,1H3,(H,26,27). The van der Waals surface area contributed by atoms with E-state index < -0.39 is 15.9 Å². The molecule has 6 nitrogen and oxygen atoms in total. The van der Waals surface area contributed by atoms with Crippen molar-refractivity contribution in [1.82, 2.24) is 9.71 Å². The summed E-state index contributed by atoms with van der Waals surface area (Å²) in [5.74, 6) is -0.631. The van der Waals surface area contributed by atoms with E-state index in [2.05, 4.69) is 5.32 Å². The van der Waals surface area contributed by atoms with Crippen molar-refractivity contribution in [3.63, 3.8) is 0 Å². The second-order valence-electron chi connectivity index (χ2n) is 6.81. The van der Waals surface area contributed by atoms with E-state index in [-0.39, 0.29) is 4.90 Å². The topological polar surface area (TPSA) is 88.2 Å². The molecule has 0 fully saturated rings. The van der Waals surface area contributed by atoms with Crippen LogP contribution >= 0.6 is 11.6 Å². The average molecular weight is 440 g/mol. The normalized spacial score (nSPS) is 11.5. The fourth-order valence-electron chi connectivity index (χ4n) is 3.33. The second-order valence-corrected chi connectivity index (χ2v) is 8.93. The molecule has 0 unspecified atom stereocenters. The van der Waals surface area contributed by atoms with E-state index in [1.807, 2.05) is 47.2 Å². The number of anilines is 1. The molecule has 8 heteroatoms. The highest BCUT2D eigenvalue weighted by molar-refractivity contribution is 7.90. The van der Waals surface area contributed by atoms with Crippen molar-refractivity contribution < 1.29 is 13.2 Å². The Bertz CT molecular complexity index is 1370. The number of hydrogen-bond donors (Lipinski definition) is 2. The van der Waals surface area contributed by atoms with Crippen molar-refractivity contribution in [1.29, 1.82) is 0 Å². The zero-order chi connectivity index (χ0) is 21.3. The number of para-hydroxylation sites is 1. The zero-order valence-corrected chi connectivity index (χ0v) is 17.6. The molecule has 0 aliphatic carbocycles. The minimum Gasteiger partial charge on any atom is -0.381 e. The van der Waals surface area contributed by atoms with Crippen LogP contribution in [-0.2, 0) is 21.4 Å². The lowest BCUT2D eigenvalue weighted by Gasteiger charge is -2.13. The highest BCUT2D eigenvalue weighted by Crippen LogP contribution is 2.28. The minimum atomic E-state index is -3.85. The lowest BCUT2D eigenvalue weighted by atomic mass is 10.0. The molecule has 4 aromatic rings. The van der Waals surface area contributed by atoms with Crippen LogP contribution in [0.5, 0.6) is 0 Å². The summed E-state index contributed by atoms with van der Waals surface area (Å²) in [5, 5.41) is 5.99. The van der Waals surface area contributed by atoms with Crippen molar-refractivity contribution in [2.24, 2.45) is 0 Å². The van der Waals surface area contributed by atoms with Gasteiger partial charge >= 0.3 is 0 Å². The molecule has 1 heterocycles. The van der Waals surface area contributed by atoms with Crippen LogP contribution in [0.3, 0.4) is 0 Å². The summed E-state index contributed by atoms with van der Waals surface area (Å²) in [6.45, 7) is 1.67. The van der Waals surface area contributed by atoms with Crippen molar-refractivity contribution in [3.8, 4) is 0 Å². The maximum Gasteiger partial charge on any atom is 0.264 e. The molecule has 4 rings (SSSR count). The van der Waals surface area contributed by atoms with Crippen molar-refractivity contribution in [3.05, 3.63) is 77.3 Å². The lowest BCUT2D eigenvalue weighted by molar-refractivity contribution is -0.117. The summed E-state index contributed by atoms with van der Waals surface area (Å²) in [7, 11) is -3.85. The van der Waals surface area contributed by atoms with Gasteiger partial charge in [0.1, 0.15) is 0 Å². The van der Waals surface area contributed by atoms with Gasteiger partial charge in [0.15, 0.2) is 0 Å². The number of aromatic nitrogens is 1. The maximum atomic E-state index is 12.1. The van der Waals surface area contributed by atoms with Crippen LogP contribution < -0.4 is 10.0 Å². The third-order valence-corrected chi connectivity index (χ3v) is 6.35. The number of amides is 1. The number of nitrogens with one attached hydrogen (secondary N) is 2. The first-order chi connectivity index (χ1) is 14.3. The summed E-state index contributed by atoms with van der Waals surface area (Å²) in [6.07, 6.45) is 0. The van der Waals surface area contributed by atoms with Crippen LogP contribution in [0.4, 0.5) is 5.69 Å². The fraction of sp³-hybridized carbons (Fsp3) is 0.0909. The summed E-state index contributed by atoms with van der Waals surface area (Å²) >= 11 is 6.15. The molecule has 0 radical (unpaired) electrons. The first-order valence-electron chi connectivity index (χ1n) is 9.18. The van der Waals surface area contributed by atoms with E-state index in [1.54, 1.807) is 12.1 Å². The highest BCUT2D eigenvalue weighted by atomic mass is 35.5. The number of carbonyl (C=O) groups excluding carboxylic acids is 1. The van der Waals surface area contributed by atoms with E-state index >= 15 is 0 Å². The van der Waals surface area contributed by atoms with E-state index in [0.29, 0.717) is 11.6 Å². The van der Waals surface area contributed by atoms with Gasteiger partial charge in [0.2, 0.25) is 5.91 Å². The third-order valence-electron chi connectivity index (χ3n) is 4.67. The molecule has 30 heavy (non-hydrogen) atoms. The molecular weight excluding hydrogens is 422 g/mol. The van der Waals surface area contributed by atoms with Gasteiger partial charge in [-0.05, 0) is 48.0 Å². The Labute approximate surface area is 178 Å². The molecule has 152 valence electrons. The van der Waals surface area contributed by atoms with E-state index in [1.165, 1.54) is 12.1 Å². The summed E-state index contributed by atoms with van der Waals surface area (Å²) < 4.78 is 26.1. The number of hydrogen-bond acceptors (Lipinski definition) is 5. The van der Waals surface area contributed by atoms with Gasteiger partial charge in [0.05, 0.1) is 15.9 Å². The molecule has 0 aliphatic rings. The highest BCUT2D eigenvalue weighted by Gasteiger charge is 2.15. The zero-order valence-electron chi connectivity index (χ0n) is 16.0. The van der Waals surface area contributed by atoms with Gasteiger partial charge in [0, 0.05) is 35.0 Å². The molecule has 1 amide bonds. The van der Waals surface area contributed by atoms with Gasteiger partial charge in [-0.25, -0.2) is 18.1 Å². The molecule has 1 aromatic heterocycles. The first kappa shape index (κ1) is 20.1. The average Bonchev–Trinajstić information content (AvgIpc) is 2.70. The van der Waals surface area contributed by atoms with Crippen LogP contribution in [0.25, 0.3) is 21.8 Å². The fourth-order valence-corrected chi connectivity index (χ4v) is 4.49. The Morgan fingerprint density at radius 2 is 1.67 bits per heavy atom. The first-order valence-corrected chi connectivity index (χ1v) is 11.0. The van der Waals surface area contributed by atoms with E-state index in [4.69, 9.17) is 16.6 Å². The largest absolute Gasteiger partial charge is 0.381 e. The Morgan fingerprint density at radius 1 is 0.967 bits per heavy atom. The van der Waals surface area contributed by atoms with Crippen LogP contribution in [0.2, 0.25) is 5.02 Å². The number of benzene rings is 3. The van der Waals surface area contributed by atoms with Crippen LogP contribution in [0, 0.1) is 0 Å². The molecule has 0 spiro atoms. The predicted molar refractivity (Wildman–Crippen MR) is 119 cm³/mol. The Kier molecular flexibility index (Phi) is 5.32. The predicted octanol–water partition coefficient (Wildman–Crippen LogP) is 4.48. The number of carbonyl (C=O) groups is 1. The van der Waals surface area contributed by atoms with Gasteiger partial charge in [-0.3, -0.25) is 4.79 Å². The van der Waals surface area contributed by atoms with Gasteiger partial charge in [-0.2, -0.15) is 0 Å². The van der Waals surface area contributed by atoms with Crippen molar-refractivity contribution >= 4 is 55.0 Å². The number of pyridine rings is 1. The van der Waals surface area contributed by atoms with E-state index in [9.17, 15) is 13.2 Å². The lowest BCUT2D eigenvalue weighted by Crippen LogP contribution is -2.28. The Balaban J connectivity index is 1.65. The number of halogens is 1. The number of nitrogens with zero attached hydrogens (tertiary/aromatic N) is 1. The Hall–Kier alpha value is -3.16. The molecule has 2 N–H and O–H groups in total. The molecule has 0 saturated carbocycles. The molecular formula is C22H18ClN3O3S. The van der Waals surface area contributed by atoms with Crippen molar-refractivity contribution in [2.45, 2.75) is 18.4 Å². The number of rotatable bonds is 5. The molecule has 0 bridgehead atoms. The third kappa shape index (κ3) is 4.08. The number of fused-ring (bicyclic) bond motifs is 2. The maximum absolute atomic E-state index is 12.1. The van der Waals surface area contributed by atoms with Gasteiger partial charge < -0.3 is 5.32 Å². The smallest absolute Gasteiger partial charge is 0.264 e. The molecule has 0 atom stereocenters. The van der Waals surface area contributed by atoms with Gasteiger partial charge in [0.25, 0.3) is 10.0 Å².